The zero-order valence-corrected chi connectivity index (χ0v) is 19.4. The predicted molar refractivity (Wildman–Crippen MR) is 122 cm³/mol. The van der Waals surface area contributed by atoms with Gasteiger partial charge in [-0.2, -0.15) is 10.4 Å². The van der Waals surface area contributed by atoms with E-state index in [1.165, 1.54) is 26.3 Å². The summed E-state index contributed by atoms with van der Waals surface area (Å²) in [5, 5.41) is 17.7. The number of nitrogens with zero attached hydrogens (tertiary/aromatic N) is 4. The molecule has 35 heavy (non-hydrogen) atoms. The zero-order valence-electron chi connectivity index (χ0n) is 19.4. The lowest BCUT2D eigenvalue weighted by atomic mass is 9.75. The van der Waals surface area contributed by atoms with Crippen molar-refractivity contribution >= 4 is 16.7 Å². The Bertz CT molecular complexity index is 1360. The number of hydrogen-bond acceptors (Lipinski definition) is 7. The molecule has 3 heterocycles. The number of benzene rings is 1. The highest BCUT2D eigenvalue weighted by atomic mass is 19.3. The molecule has 4 rings (SSSR count). The normalized spacial score (nSPS) is 16.2. The maximum Gasteiger partial charge on any atom is 0.293 e. The third kappa shape index (κ3) is 4.30. The molecule has 1 aromatic carbocycles. The molecule has 1 fully saturated rings. The van der Waals surface area contributed by atoms with Crippen molar-refractivity contribution in [3.05, 3.63) is 57.1 Å². The van der Waals surface area contributed by atoms with Gasteiger partial charge in [0.15, 0.2) is 5.82 Å². The van der Waals surface area contributed by atoms with Gasteiger partial charge in [0.05, 0.1) is 35.6 Å². The molecule has 1 N–H and O–H groups in total. The first-order valence-electron chi connectivity index (χ1n) is 11.0. The second-order valence-electron chi connectivity index (χ2n) is 8.44. The first-order valence-corrected chi connectivity index (χ1v) is 11.0. The summed E-state index contributed by atoms with van der Waals surface area (Å²) < 4.78 is 53.1. The van der Waals surface area contributed by atoms with E-state index in [1.54, 1.807) is 13.0 Å². The van der Waals surface area contributed by atoms with Gasteiger partial charge in [0, 0.05) is 31.4 Å². The van der Waals surface area contributed by atoms with Crippen LogP contribution in [-0.4, -0.2) is 35.1 Å². The van der Waals surface area contributed by atoms with Crippen LogP contribution in [0.1, 0.15) is 48.9 Å². The summed E-state index contributed by atoms with van der Waals surface area (Å²) in [4.78, 5) is 17.3. The van der Waals surface area contributed by atoms with Crippen LogP contribution in [0, 0.1) is 17.1 Å². The molecule has 1 aliphatic rings. The average Bonchev–Trinajstić information content (AvgIpc) is 2.86. The van der Waals surface area contributed by atoms with Crippen LogP contribution in [0.4, 0.5) is 19.0 Å². The Balaban J connectivity index is 1.87. The molecule has 0 bridgehead atoms. The number of aromatic nitrogens is 3. The molecule has 11 heteroatoms. The molecule has 0 saturated carbocycles. The van der Waals surface area contributed by atoms with Crippen LogP contribution in [0.3, 0.4) is 0 Å². The Hall–Kier alpha value is -3.65. The molecule has 0 aliphatic carbocycles. The van der Waals surface area contributed by atoms with Crippen molar-refractivity contribution in [3.8, 4) is 11.9 Å². The van der Waals surface area contributed by atoms with Gasteiger partial charge in [-0.3, -0.25) is 4.79 Å². The number of alkyl halides is 2. The van der Waals surface area contributed by atoms with E-state index in [0.29, 0.717) is 37.0 Å². The average molecular weight is 487 g/mol. The van der Waals surface area contributed by atoms with Crippen LogP contribution >= 0.6 is 0 Å². The molecular weight excluding hydrogens is 463 g/mol. The molecule has 0 spiro atoms. The number of methoxy groups -OCH3 is 1. The molecule has 1 saturated heterocycles. The first-order chi connectivity index (χ1) is 16.7. The van der Waals surface area contributed by atoms with Gasteiger partial charge in [-0.15, -0.1) is 0 Å². The summed E-state index contributed by atoms with van der Waals surface area (Å²) in [6.07, 6.45) is -2.13. The smallest absolute Gasteiger partial charge is 0.293 e. The number of rotatable bonds is 6. The van der Waals surface area contributed by atoms with E-state index in [-0.39, 0.29) is 22.8 Å². The van der Waals surface area contributed by atoms with Gasteiger partial charge >= 0.3 is 0 Å². The zero-order chi connectivity index (χ0) is 25.3. The minimum atomic E-state index is -2.96. The predicted octanol–water partition coefficient (Wildman–Crippen LogP) is 4.16. The van der Waals surface area contributed by atoms with Crippen LogP contribution in [0.5, 0.6) is 5.88 Å². The van der Waals surface area contributed by atoms with Crippen LogP contribution in [-0.2, 0) is 17.2 Å². The Kier molecular flexibility index (Phi) is 6.67. The van der Waals surface area contributed by atoms with Crippen LogP contribution in [0.15, 0.2) is 29.1 Å². The fourth-order valence-electron chi connectivity index (χ4n) is 4.36. The van der Waals surface area contributed by atoms with Crippen LogP contribution in [0.25, 0.3) is 10.9 Å². The van der Waals surface area contributed by atoms with E-state index >= 15 is 0 Å². The van der Waals surface area contributed by atoms with Gasteiger partial charge in [-0.1, -0.05) is 18.2 Å². The van der Waals surface area contributed by atoms with E-state index in [0.717, 1.165) is 10.7 Å². The fraction of sp³-hybridized carbons (Fsp3) is 0.417. The highest BCUT2D eigenvalue weighted by Crippen LogP contribution is 2.40. The van der Waals surface area contributed by atoms with E-state index in [1.807, 2.05) is 0 Å². The van der Waals surface area contributed by atoms with Crippen molar-refractivity contribution in [1.29, 1.82) is 5.26 Å². The monoisotopic (exact) mass is 487 g/mol. The maximum absolute atomic E-state index is 14.8. The molecule has 1 aliphatic heterocycles. The lowest BCUT2D eigenvalue weighted by Gasteiger charge is -2.32. The van der Waals surface area contributed by atoms with Gasteiger partial charge in [0.25, 0.3) is 12.0 Å². The second kappa shape index (κ2) is 9.54. The third-order valence-corrected chi connectivity index (χ3v) is 6.37. The molecule has 2 aromatic heterocycles. The summed E-state index contributed by atoms with van der Waals surface area (Å²) in [7, 11) is 2.85. The van der Waals surface area contributed by atoms with E-state index < -0.39 is 34.8 Å². The Morgan fingerprint density at radius 2 is 1.97 bits per heavy atom. The molecule has 0 amide bonds. The highest BCUT2D eigenvalue weighted by Gasteiger charge is 2.38. The van der Waals surface area contributed by atoms with E-state index in [9.17, 15) is 23.2 Å². The summed E-state index contributed by atoms with van der Waals surface area (Å²) in [6.45, 7) is 2.36. The molecular formula is C24H24F3N5O3. The van der Waals surface area contributed by atoms with Crippen molar-refractivity contribution in [3.63, 3.8) is 0 Å². The van der Waals surface area contributed by atoms with E-state index in [4.69, 9.17) is 9.47 Å². The molecule has 3 aromatic rings. The van der Waals surface area contributed by atoms with Crippen molar-refractivity contribution < 1.29 is 22.6 Å². The lowest BCUT2D eigenvalue weighted by Crippen LogP contribution is -2.33. The van der Waals surface area contributed by atoms with Crippen LogP contribution in [0.2, 0.25) is 0 Å². The number of nitrogens with one attached hydrogen (secondary N) is 1. The van der Waals surface area contributed by atoms with E-state index in [2.05, 4.69) is 21.5 Å². The largest absolute Gasteiger partial charge is 0.481 e. The van der Waals surface area contributed by atoms with Gasteiger partial charge < -0.3 is 14.8 Å². The summed E-state index contributed by atoms with van der Waals surface area (Å²) in [5.41, 5.74) is -1.57. The number of anilines is 1. The van der Waals surface area contributed by atoms with Gasteiger partial charge in [-0.25, -0.2) is 22.8 Å². The molecule has 184 valence electrons. The number of pyridine rings is 1. The highest BCUT2D eigenvalue weighted by molar-refractivity contribution is 5.90. The molecule has 0 unspecified atom stereocenters. The second-order valence-corrected chi connectivity index (χ2v) is 8.44. The SMILES string of the molecule is COc1nc2c(=O)n(C)nc(N[C@H](C)c3cccc(C(F)F)c3F)c2cc1C1(C#N)CCOCC1. The lowest BCUT2D eigenvalue weighted by molar-refractivity contribution is 0.0667. The Morgan fingerprint density at radius 1 is 1.29 bits per heavy atom. The fourth-order valence-corrected chi connectivity index (χ4v) is 4.36. The summed E-state index contributed by atoms with van der Waals surface area (Å²) in [5.74, 6) is -0.672. The van der Waals surface area contributed by atoms with Crippen molar-refractivity contribution in [1.82, 2.24) is 14.8 Å². The molecule has 8 nitrogen and oxygen atoms in total. The van der Waals surface area contributed by atoms with Crippen molar-refractivity contribution in [2.24, 2.45) is 7.05 Å². The number of hydrogen-bond donors (Lipinski definition) is 1. The maximum atomic E-state index is 14.8. The number of aryl methyl sites for hydroxylation is 1. The van der Waals surface area contributed by atoms with Crippen molar-refractivity contribution in [2.75, 3.05) is 25.6 Å². The number of fused-ring (bicyclic) bond motifs is 1. The first kappa shape index (κ1) is 24.5. The number of nitriles is 1. The van der Waals surface area contributed by atoms with Crippen LogP contribution < -0.4 is 15.6 Å². The van der Waals surface area contributed by atoms with Gasteiger partial charge in [0.1, 0.15) is 11.3 Å². The Labute approximate surface area is 199 Å². The quantitative estimate of drug-likeness (QED) is 0.557. The minimum absolute atomic E-state index is 0.0196. The molecule has 0 radical (unpaired) electrons. The summed E-state index contributed by atoms with van der Waals surface area (Å²) in [6, 6.07) is 7.03. The third-order valence-electron chi connectivity index (χ3n) is 6.37. The number of ether oxygens (including phenoxy) is 2. The topological polar surface area (TPSA) is 102 Å². The van der Waals surface area contributed by atoms with Gasteiger partial charge in [-0.05, 0) is 25.8 Å². The standard InChI is InChI=1S/C24H24F3N5O3/c1-13(14-5-4-6-15(18(14)25)20(26)27)29-21-16-11-17(24(12-28)7-9-35-10-8-24)22(34-3)30-19(16)23(33)32(2)31-21/h4-6,11,13,20H,7-10H2,1-3H3,(H,29,31)/t13-/m1/s1. The Morgan fingerprint density at radius 3 is 2.60 bits per heavy atom. The molecule has 1 atom stereocenters. The van der Waals surface area contributed by atoms with Crippen molar-refractivity contribution in [2.45, 2.75) is 37.6 Å². The summed E-state index contributed by atoms with van der Waals surface area (Å²) >= 11 is 0. The number of halogens is 3. The van der Waals surface area contributed by atoms with Gasteiger partial charge in [0.2, 0.25) is 5.88 Å². The minimum Gasteiger partial charge on any atom is -0.481 e.